The first-order valence-corrected chi connectivity index (χ1v) is 11.7. The minimum atomic E-state index is -0.924. The van der Waals surface area contributed by atoms with Crippen molar-refractivity contribution in [3.8, 4) is 5.75 Å². The van der Waals surface area contributed by atoms with Crippen LogP contribution in [0.15, 0.2) is 77.9 Å². The van der Waals surface area contributed by atoms with E-state index in [-0.39, 0.29) is 18.6 Å². The van der Waals surface area contributed by atoms with Gasteiger partial charge in [0.2, 0.25) is 0 Å². The van der Waals surface area contributed by atoms with E-state index in [2.05, 4.69) is 28.1 Å². The van der Waals surface area contributed by atoms with E-state index in [4.69, 9.17) is 16.3 Å². The predicted octanol–water partition coefficient (Wildman–Crippen LogP) is 4.25. The number of carbonyl (C=O) groups is 3. The molecule has 3 rings (SSSR count). The molecule has 0 saturated carbocycles. The van der Waals surface area contributed by atoms with Gasteiger partial charge < -0.3 is 15.4 Å². The standard InChI is InChI=1S/C27H27ClN4O4/c1-3-19-9-12-23(13-10-19)31-25(33)17-36-24-14-11-22(28)15-21(24)16-29-32-27(35)26(34)30-18(2)20-7-5-4-6-8-20/h4-16,18H,3,17H2,1-2H3,(H,30,34)(H,31,33)(H,32,35)/b29-16-/t18-/m1/s1. The second-order valence-corrected chi connectivity index (χ2v) is 8.31. The predicted molar refractivity (Wildman–Crippen MR) is 140 cm³/mol. The summed E-state index contributed by atoms with van der Waals surface area (Å²) in [6.45, 7) is 3.58. The Morgan fingerprint density at radius 3 is 2.42 bits per heavy atom. The number of rotatable bonds is 9. The molecule has 0 saturated heterocycles. The monoisotopic (exact) mass is 506 g/mol. The highest BCUT2D eigenvalue weighted by Crippen LogP contribution is 2.21. The Bertz CT molecular complexity index is 1230. The first-order chi connectivity index (χ1) is 17.4. The Balaban J connectivity index is 1.54. The van der Waals surface area contributed by atoms with Crippen LogP contribution < -0.4 is 20.8 Å². The summed E-state index contributed by atoms with van der Waals surface area (Å²) in [7, 11) is 0. The highest BCUT2D eigenvalue weighted by molar-refractivity contribution is 6.35. The second-order valence-electron chi connectivity index (χ2n) is 7.87. The van der Waals surface area contributed by atoms with Gasteiger partial charge in [0, 0.05) is 16.3 Å². The lowest BCUT2D eigenvalue weighted by molar-refractivity contribution is -0.139. The van der Waals surface area contributed by atoms with Crippen LogP contribution in [0.25, 0.3) is 0 Å². The average Bonchev–Trinajstić information content (AvgIpc) is 2.89. The summed E-state index contributed by atoms with van der Waals surface area (Å²) in [5.74, 6) is -1.76. The van der Waals surface area contributed by atoms with Crippen LogP contribution in [0.3, 0.4) is 0 Å². The lowest BCUT2D eigenvalue weighted by Gasteiger charge is -2.13. The molecule has 0 aliphatic heterocycles. The van der Waals surface area contributed by atoms with Crippen LogP contribution in [0.1, 0.15) is 36.6 Å². The maximum atomic E-state index is 12.3. The number of carbonyl (C=O) groups excluding carboxylic acids is 3. The zero-order chi connectivity index (χ0) is 25.9. The highest BCUT2D eigenvalue weighted by atomic mass is 35.5. The summed E-state index contributed by atoms with van der Waals surface area (Å²) in [6, 6.07) is 21.2. The quantitative estimate of drug-likeness (QED) is 0.229. The molecule has 0 spiro atoms. The van der Waals surface area contributed by atoms with Gasteiger partial charge in [-0.25, -0.2) is 5.43 Å². The highest BCUT2D eigenvalue weighted by Gasteiger charge is 2.16. The SMILES string of the molecule is CCc1ccc(NC(=O)COc2ccc(Cl)cc2/C=N\NC(=O)C(=O)N[C@H](C)c2ccccc2)cc1. The number of nitrogens with zero attached hydrogens (tertiary/aromatic N) is 1. The van der Waals surface area contributed by atoms with Gasteiger partial charge in [-0.1, -0.05) is 61.0 Å². The first-order valence-electron chi connectivity index (χ1n) is 11.4. The van der Waals surface area contributed by atoms with Crippen molar-refractivity contribution in [2.24, 2.45) is 5.10 Å². The summed E-state index contributed by atoms with van der Waals surface area (Å²) < 4.78 is 5.62. The zero-order valence-electron chi connectivity index (χ0n) is 20.0. The molecule has 0 fully saturated rings. The third-order valence-corrected chi connectivity index (χ3v) is 5.43. The van der Waals surface area contributed by atoms with Gasteiger partial charge in [0.1, 0.15) is 5.75 Å². The van der Waals surface area contributed by atoms with Crippen LogP contribution >= 0.6 is 11.6 Å². The molecule has 1 atom stereocenters. The summed E-state index contributed by atoms with van der Waals surface area (Å²) in [5.41, 5.74) is 5.30. The Morgan fingerprint density at radius 1 is 1.00 bits per heavy atom. The second kappa shape index (κ2) is 13.1. The molecule has 0 radical (unpaired) electrons. The Morgan fingerprint density at radius 2 is 1.72 bits per heavy atom. The van der Waals surface area contributed by atoms with Crippen molar-refractivity contribution in [1.82, 2.24) is 10.7 Å². The van der Waals surface area contributed by atoms with E-state index < -0.39 is 11.8 Å². The molecule has 3 amide bonds. The molecule has 0 bridgehead atoms. The minimum absolute atomic E-state index is 0.246. The molecule has 0 aliphatic rings. The molecular formula is C27H27ClN4O4. The summed E-state index contributed by atoms with van der Waals surface area (Å²) in [5, 5.41) is 9.61. The van der Waals surface area contributed by atoms with Crippen molar-refractivity contribution in [2.75, 3.05) is 11.9 Å². The van der Waals surface area contributed by atoms with E-state index in [0.717, 1.165) is 12.0 Å². The molecule has 3 aromatic rings. The van der Waals surface area contributed by atoms with Crippen LogP contribution in [-0.4, -0.2) is 30.5 Å². The van der Waals surface area contributed by atoms with Gasteiger partial charge >= 0.3 is 11.8 Å². The number of halogens is 1. The number of amides is 3. The number of hydrazone groups is 1. The number of ether oxygens (including phenoxy) is 1. The van der Waals surface area contributed by atoms with Crippen LogP contribution in [0.5, 0.6) is 5.75 Å². The van der Waals surface area contributed by atoms with Crippen LogP contribution in [-0.2, 0) is 20.8 Å². The molecule has 0 heterocycles. The zero-order valence-corrected chi connectivity index (χ0v) is 20.7. The third kappa shape index (κ3) is 7.95. The van der Waals surface area contributed by atoms with Gasteiger partial charge in [0.25, 0.3) is 5.91 Å². The van der Waals surface area contributed by atoms with E-state index in [9.17, 15) is 14.4 Å². The third-order valence-electron chi connectivity index (χ3n) is 5.20. The van der Waals surface area contributed by atoms with Crippen molar-refractivity contribution >= 4 is 41.2 Å². The van der Waals surface area contributed by atoms with Crippen LogP contribution in [0.2, 0.25) is 5.02 Å². The molecule has 186 valence electrons. The van der Waals surface area contributed by atoms with Crippen molar-refractivity contribution in [2.45, 2.75) is 26.3 Å². The molecule has 3 aromatic carbocycles. The fourth-order valence-corrected chi connectivity index (χ4v) is 3.39. The van der Waals surface area contributed by atoms with Gasteiger partial charge in [-0.15, -0.1) is 0 Å². The Hall–Kier alpha value is -4.17. The minimum Gasteiger partial charge on any atom is -0.483 e. The van der Waals surface area contributed by atoms with E-state index in [1.165, 1.54) is 11.8 Å². The molecule has 0 unspecified atom stereocenters. The maximum Gasteiger partial charge on any atom is 0.329 e. The van der Waals surface area contributed by atoms with Crippen molar-refractivity contribution in [3.05, 3.63) is 94.5 Å². The maximum absolute atomic E-state index is 12.3. The number of nitrogens with one attached hydrogen (secondary N) is 3. The molecule has 0 aliphatic carbocycles. The average molecular weight is 507 g/mol. The van der Waals surface area contributed by atoms with E-state index in [1.54, 1.807) is 25.1 Å². The van der Waals surface area contributed by atoms with Crippen molar-refractivity contribution < 1.29 is 19.1 Å². The van der Waals surface area contributed by atoms with Gasteiger partial charge in [-0.3, -0.25) is 14.4 Å². The van der Waals surface area contributed by atoms with Gasteiger partial charge in [0.05, 0.1) is 12.3 Å². The normalized spacial score (nSPS) is 11.5. The molecule has 36 heavy (non-hydrogen) atoms. The Labute approximate surface area is 214 Å². The van der Waals surface area contributed by atoms with Crippen molar-refractivity contribution in [1.29, 1.82) is 0 Å². The number of hydrogen-bond donors (Lipinski definition) is 3. The summed E-state index contributed by atoms with van der Waals surface area (Å²) in [4.78, 5) is 36.6. The summed E-state index contributed by atoms with van der Waals surface area (Å²) in [6.07, 6.45) is 2.20. The van der Waals surface area contributed by atoms with E-state index in [1.807, 2.05) is 54.6 Å². The number of benzene rings is 3. The fourth-order valence-electron chi connectivity index (χ4n) is 3.21. The molecule has 9 heteroatoms. The summed E-state index contributed by atoms with van der Waals surface area (Å²) >= 11 is 6.07. The number of aryl methyl sites for hydroxylation is 1. The van der Waals surface area contributed by atoms with Crippen LogP contribution in [0.4, 0.5) is 5.69 Å². The van der Waals surface area contributed by atoms with Gasteiger partial charge in [-0.05, 0) is 54.8 Å². The first kappa shape index (κ1) is 26.4. The largest absolute Gasteiger partial charge is 0.483 e. The van der Waals surface area contributed by atoms with Crippen molar-refractivity contribution in [3.63, 3.8) is 0 Å². The molecule has 3 N–H and O–H groups in total. The topological polar surface area (TPSA) is 109 Å². The van der Waals surface area contributed by atoms with Crippen LogP contribution in [0, 0.1) is 0 Å². The van der Waals surface area contributed by atoms with E-state index in [0.29, 0.717) is 22.0 Å². The molecular weight excluding hydrogens is 480 g/mol. The Kier molecular flexibility index (Phi) is 9.59. The number of hydrogen-bond acceptors (Lipinski definition) is 5. The van der Waals surface area contributed by atoms with Gasteiger partial charge in [0.15, 0.2) is 6.61 Å². The van der Waals surface area contributed by atoms with Gasteiger partial charge in [-0.2, -0.15) is 5.10 Å². The molecule has 8 nitrogen and oxygen atoms in total. The number of anilines is 1. The molecule has 0 aromatic heterocycles. The van der Waals surface area contributed by atoms with E-state index >= 15 is 0 Å². The fraction of sp³-hybridized carbons (Fsp3) is 0.185. The lowest BCUT2D eigenvalue weighted by atomic mass is 10.1. The smallest absolute Gasteiger partial charge is 0.329 e. The lowest BCUT2D eigenvalue weighted by Crippen LogP contribution is -2.39.